The van der Waals surface area contributed by atoms with Gasteiger partial charge in [0, 0.05) is 45.7 Å². The van der Waals surface area contributed by atoms with Gasteiger partial charge in [0.15, 0.2) is 30.5 Å². The van der Waals surface area contributed by atoms with Crippen molar-refractivity contribution in [3.63, 3.8) is 0 Å². The predicted molar refractivity (Wildman–Crippen MR) is 446 cm³/mol. The second-order valence-corrected chi connectivity index (χ2v) is 26.4. The molecule has 570 valence electrons. The summed E-state index contributed by atoms with van der Waals surface area (Å²) in [4.78, 5) is 65.8. The van der Waals surface area contributed by atoms with Crippen LogP contribution in [0.15, 0.2) is 141 Å². The van der Waals surface area contributed by atoms with E-state index < -0.39 is 72.4 Å². The first-order valence-corrected chi connectivity index (χ1v) is 34.5. The van der Waals surface area contributed by atoms with E-state index in [2.05, 4.69) is 76.9 Å². The first-order valence-electron chi connectivity index (χ1n) is 30.5. The Kier molecular flexibility index (Phi) is 55.4. The fourth-order valence-corrected chi connectivity index (χ4v) is 10.6. The predicted octanol–water partition coefficient (Wildman–Crippen LogP) is 15.8. The fourth-order valence-electron chi connectivity index (χ4n) is 8.83. The average molecular weight is 1870 g/mol. The molecule has 0 bridgehead atoms. The van der Waals surface area contributed by atoms with Crippen LogP contribution in [0.4, 0.5) is 4.39 Å². The van der Waals surface area contributed by atoms with Crippen LogP contribution in [0, 0.1) is 5.82 Å². The van der Waals surface area contributed by atoms with Crippen molar-refractivity contribution in [2.24, 2.45) is 0 Å². The molecule has 104 heavy (non-hydrogen) atoms. The van der Waals surface area contributed by atoms with Crippen LogP contribution in [0.2, 0.25) is 10.0 Å². The van der Waals surface area contributed by atoms with Crippen LogP contribution >= 0.6 is 168 Å². The monoisotopic (exact) mass is 1860 g/mol. The molecule has 0 radical (unpaired) electrons. The van der Waals surface area contributed by atoms with E-state index in [9.17, 15) is 38.3 Å². The topological polar surface area (TPSA) is 282 Å². The molecule has 0 amide bonds. The van der Waals surface area contributed by atoms with Crippen molar-refractivity contribution in [2.45, 2.75) is 154 Å². The number of carbonyl (C=O) groups is 6. The largest absolute Gasteiger partial charge is 1.00 e. The van der Waals surface area contributed by atoms with Crippen LogP contribution < -0.4 is 63.1 Å². The summed E-state index contributed by atoms with van der Waals surface area (Å²) in [7, 11) is 0. The van der Waals surface area contributed by atoms with Crippen molar-refractivity contribution in [1.29, 1.82) is 0 Å². The number of ether oxygens (including phenoxy) is 6. The second-order valence-electron chi connectivity index (χ2n) is 22.2. The van der Waals surface area contributed by atoms with Crippen LogP contribution in [-0.4, -0.2) is 98.0 Å². The molecule has 0 aliphatic heterocycles. The molecule has 6 aromatic rings. The number of benzene rings is 6. The maximum Gasteiger partial charge on any atom is 1.00 e. The second kappa shape index (κ2) is 54.3. The Labute approximate surface area is 714 Å². The zero-order chi connectivity index (χ0) is 72.2. The third-order valence-corrected chi connectivity index (χ3v) is 17.3. The van der Waals surface area contributed by atoms with Crippen molar-refractivity contribution in [3.8, 4) is 34.5 Å². The molecule has 18 nitrogen and oxygen atoms in total. The Morgan fingerprint density at radius 1 is 0.433 bits per heavy atom. The maximum atomic E-state index is 13.2. The van der Waals surface area contributed by atoms with Gasteiger partial charge in [0.05, 0.1) is 5.97 Å². The molecule has 0 heterocycles. The zero-order valence-electron chi connectivity index (χ0n) is 57.9. The molecule has 0 saturated heterocycles. The van der Waals surface area contributed by atoms with E-state index in [0.29, 0.717) is 67.9 Å². The third kappa shape index (κ3) is 36.3. The van der Waals surface area contributed by atoms with Crippen LogP contribution in [-0.2, 0) is 28.8 Å². The fraction of sp³-hybridized carbons (Fsp3) is 0.333. The molecular formula is C72H88Br4Cl2FNaO18S6. The molecule has 0 spiro atoms. The van der Waals surface area contributed by atoms with Crippen LogP contribution in [0.1, 0.15) is 150 Å². The normalized spacial score (nSPS) is 13.9. The number of carboxylic acid groups (broad SMARTS) is 6. The Morgan fingerprint density at radius 3 is 1.04 bits per heavy atom. The summed E-state index contributed by atoms with van der Waals surface area (Å²) in [6.45, 7) is 16.1. The summed E-state index contributed by atoms with van der Waals surface area (Å²) in [6.07, 6.45) is 9.82. The van der Waals surface area contributed by atoms with Gasteiger partial charge >= 0.3 is 59.4 Å². The summed E-state index contributed by atoms with van der Waals surface area (Å²) in [5, 5.41) is 55.7. The number of carboxylic acids is 6. The van der Waals surface area contributed by atoms with E-state index in [4.69, 9.17) is 77.2 Å². The van der Waals surface area contributed by atoms with E-state index in [1.54, 1.807) is 84.7 Å². The van der Waals surface area contributed by atoms with Crippen molar-refractivity contribution < 1.29 is 122 Å². The summed E-state index contributed by atoms with van der Waals surface area (Å²) in [6, 6.07) is 30.9. The summed E-state index contributed by atoms with van der Waals surface area (Å²) in [5.74, 6) is -1.86. The molecule has 3 aliphatic rings. The average Bonchev–Trinajstić information content (AvgIpc) is 0.827. The third-order valence-electron chi connectivity index (χ3n) is 15.0. The van der Waals surface area contributed by atoms with Crippen molar-refractivity contribution >= 4 is 222 Å². The Hall–Kier alpha value is -4.31. The van der Waals surface area contributed by atoms with E-state index in [1.807, 2.05) is 36.4 Å². The first-order chi connectivity index (χ1) is 45.8. The van der Waals surface area contributed by atoms with Gasteiger partial charge in [0.1, 0.15) is 46.4 Å². The molecule has 3 saturated carbocycles. The smallest absolute Gasteiger partial charge is 0.546 e. The number of carbonyl (C=O) groups excluding carboxylic acids is 1. The molecule has 6 aromatic carbocycles. The van der Waals surface area contributed by atoms with Gasteiger partial charge in [-0.1, -0.05) is 131 Å². The minimum atomic E-state index is -1.26. The number of hydrogen-bond acceptors (Lipinski definition) is 13. The molecule has 32 heteroatoms. The van der Waals surface area contributed by atoms with Gasteiger partial charge in [-0.3, -0.25) is 0 Å². The molecule has 5 N–H and O–H groups in total. The van der Waals surface area contributed by atoms with Gasteiger partial charge < -0.3 is 63.9 Å². The number of rotatable bonds is 24. The Bertz CT molecular complexity index is 3480. The van der Waals surface area contributed by atoms with Crippen molar-refractivity contribution in [2.75, 3.05) is 0 Å². The Morgan fingerprint density at radius 2 is 0.702 bits per heavy atom. The number of aliphatic carboxylic acids is 6. The first kappa shape index (κ1) is 106. The van der Waals surface area contributed by atoms with Crippen molar-refractivity contribution in [1.82, 2.24) is 0 Å². The van der Waals surface area contributed by atoms with E-state index in [0.717, 1.165) is 86.2 Å². The van der Waals surface area contributed by atoms with Gasteiger partial charge in [-0.2, -0.15) is 81.0 Å². The number of halogens is 7. The van der Waals surface area contributed by atoms with E-state index >= 15 is 0 Å². The SMILES string of the molecule is C=Cc1cc(Br)ccc1O[C@@H](C)C(=O)O.C=Cc1cc(Cl)ccc1O[C@@H](C)C(=O)[O-].C[C@H](Oc1ccc(Br)cc1/C=C/Br)C(=O)O.C[C@H](Oc1ccc(Br)cc1C1CCC1)C(=O)O.C[C@H](Oc1ccc(Cl)cc1C1CCC1)C(=O)O.C[C@H](Oc1ccc(F)cc1C1CCC1)C(=O)O.S.S.S.S.S.S.[Na+]. The molecule has 9 rings (SSSR count). The molecule has 6 atom stereocenters. The minimum Gasteiger partial charge on any atom is -0.546 e. The van der Waals surface area contributed by atoms with Crippen molar-refractivity contribution in [3.05, 3.63) is 190 Å². The zero-order valence-corrected chi connectivity index (χ0v) is 73.7. The van der Waals surface area contributed by atoms with Gasteiger partial charge in [-0.05, 0) is 229 Å². The van der Waals surface area contributed by atoms with Gasteiger partial charge in [0.2, 0.25) is 0 Å². The quantitative estimate of drug-likeness (QED) is 0.0352. The maximum absolute atomic E-state index is 13.2. The van der Waals surface area contributed by atoms with Crippen LogP contribution in [0.3, 0.4) is 0 Å². The standard InChI is InChI=1S/C13H15BrO3.C13H15ClO3.C13H15FO3.C11H10Br2O3.C11H11BrO3.C11H11ClO3.Na.6H2S/c3*1-8(13(15)16)17-12-6-5-10(14)7-11(12)9-3-2-4-9;1-7(11(14)15)16-10-3-2-9(13)6-8(10)4-5-12;2*1-3-8-6-9(12)4-5-10(8)15-7(2)11(13)14;;;;;;;/h3*5-9H,2-4H2,1H3,(H,15,16);2-7H,1H3,(H,14,15);2*3-7H,1H2,2H3,(H,13,14);;6*1H2/q;;;;;;+1;;;;;;/p-1/b;;;5-4+;;;;;;;;;/t3*8-;3*7-;;;;;;;/m000000......./s1. The molecule has 3 aliphatic carbocycles. The molecule has 0 unspecified atom stereocenters. The number of hydrogen-bond donors (Lipinski definition) is 5. The van der Waals surface area contributed by atoms with Gasteiger partial charge in [-0.25, -0.2) is 28.4 Å². The van der Waals surface area contributed by atoms with E-state index in [-0.39, 0.29) is 116 Å². The molecule has 0 aromatic heterocycles. The van der Waals surface area contributed by atoms with Gasteiger partial charge in [-0.15, -0.1) is 0 Å². The molecular weight excluding hydrogens is 1780 g/mol. The van der Waals surface area contributed by atoms with Crippen LogP contribution in [0.25, 0.3) is 18.2 Å². The van der Waals surface area contributed by atoms with E-state index in [1.165, 1.54) is 65.7 Å². The molecule has 3 fully saturated rings. The summed E-state index contributed by atoms with van der Waals surface area (Å²) >= 11 is 25.0. The van der Waals surface area contributed by atoms with Gasteiger partial charge in [0.25, 0.3) is 0 Å². The summed E-state index contributed by atoms with van der Waals surface area (Å²) in [5.41, 5.74) is 5.17. The van der Waals surface area contributed by atoms with Crippen LogP contribution in [0.5, 0.6) is 34.5 Å². The minimum absolute atomic E-state index is 0. The summed E-state index contributed by atoms with van der Waals surface area (Å²) < 4.78 is 48.1. The Balaban J connectivity index is -0.000000570.